The molecule has 0 atom stereocenters. The van der Waals surface area contributed by atoms with Gasteiger partial charge in [-0.1, -0.05) is 23.7 Å². The predicted molar refractivity (Wildman–Crippen MR) is 131 cm³/mol. The van der Waals surface area contributed by atoms with E-state index in [0.717, 1.165) is 12.8 Å². The molecule has 3 aromatic rings. The Balaban J connectivity index is 1.43. The first-order valence-electron chi connectivity index (χ1n) is 10.5. The third kappa shape index (κ3) is 5.25. The van der Waals surface area contributed by atoms with E-state index in [1.165, 1.54) is 52.8 Å². The number of carbonyl (C=O) groups is 1. The Morgan fingerprint density at radius 3 is 2.00 bits per heavy atom. The van der Waals surface area contributed by atoms with Crippen molar-refractivity contribution in [3.8, 4) is 0 Å². The molecule has 1 amide bonds. The summed E-state index contributed by atoms with van der Waals surface area (Å²) in [5.74, 6) is -0.449. The molecule has 11 heteroatoms. The summed E-state index contributed by atoms with van der Waals surface area (Å²) < 4.78 is 54.3. The van der Waals surface area contributed by atoms with Crippen LogP contribution in [0.3, 0.4) is 0 Å². The molecule has 0 spiro atoms. The summed E-state index contributed by atoms with van der Waals surface area (Å²) in [7, 11) is -7.42. The SMILES string of the molecule is O=C(Nc1ccc(S(=O)(=O)Nc2ccccc2Cl)cc1)c1ccc(S(=O)(=O)N2CCCC2)cc1. The molecule has 2 N–H and O–H groups in total. The van der Waals surface area contributed by atoms with Gasteiger partial charge in [-0.2, -0.15) is 4.31 Å². The second-order valence-corrected chi connectivity index (χ2v) is 11.7. The molecule has 0 unspecified atom stereocenters. The number of amides is 1. The predicted octanol–water partition coefficient (Wildman–Crippen LogP) is 4.18. The number of rotatable bonds is 7. The van der Waals surface area contributed by atoms with Gasteiger partial charge in [-0.15, -0.1) is 0 Å². The van der Waals surface area contributed by atoms with Gasteiger partial charge in [-0.25, -0.2) is 16.8 Å². The van der Waals surface area contributed by atoms with E-state index in [2.05, 4.69) is 10.0 Å². The molecule has 0 radical (unpaired) electrons. The summed E-state index contributed by atoms with van der Waals surface area (Å²) in [6, 6.07) is 17.9. The average Bonchev–Trinajstić information content (AvgIpc) is 3.37. The number of anilines is 2. The molecule has 4 rings (SSSR count). The van der Waals surface area contributed by atoms with Gasteiger partial charge in [-0.3, -0.25) is 9.52 Å². The van der Waals surface area contributed by atoms with Crippen molar-refractivity contribution in [2.24, 2.45) is 0 Å². The van der Waals surface area contributed by atoms with Gasteiger partial charge in [0.25, 0.3) is 15.9 Å². The lowest BCUT2D eigenvalue weighted by atomic mass is 10.2. The molecular formula is C23H22ClN3O5S2. The van der Waals surface area contributed by atoms with Crippen LogP contribution < -0.4 is 10.0 Å². The van der Waals surface area contributed by atoms with Crippen molar-refractivity contribution >= 4 is 48.9 Å². The van der Waals surface area contributed by atoms with Crippen molar-refractivity contribution in [3.63, 3.8) is 0 Å². The zero-order chi connectivity index (χ0) is 24.3. The van der Waals surface area contributed by atoms with Crippen LogP contribution in [0.4, 0.5) is 11.4 Å². The molecule has 0 saturated carbocycles. The second-order valence-electron chi connectivity index (χ2n) is 7.70. The van der Waals surface area contributed by atoms with Crippen LogP contribution in [0.5, 0.6) is 0 Å². The molecule has 1 aliphatic heterocycles. The number of carbonyl (C=O) groups excluding carboxylic acids is 1. The number of nitrogens with zero attached hydrogens (tertiary/aromatic N) is 1. The molecule has 34 heavy (non-hydrogen) atoms. The average molecular weight is 520 g/mol. The summed E-state index contributed by atoms with van der Waals surface area (Å²) in [4.78, 5) is 12.7. The van der Waals surface area contributed by atoms with Crippen LogP contribution in [0.15, 0.2) is 82.6 Å². The largest absolute Gasteiger partial charge is 0.322 e. The molecule has 0 aromatic heterocycles. The molecule has 0 aliphatic carbocycles. The molecular weight excluding hydrogens is 498 g/mol. The minimum atomic E-state index is -3.87. The van der Waals surface area contributed by atoms with Gasteiger partial charge in [0.1, 0.15) is 0 Å². The number of para-hydroxylation sites is 1. The first-order chi connectivity index (χ1) is 16.2. The highest BCUT2D eigenvalue weighted by atomic mass is 35.5. The zero-order valence-corrected chi connectivity index (χ0v) is 20.3. The number of halogens is 1. The highest BCUT2D eigenvalue weighted by Gasteiger charge is 2.27. The van der Waals surface area contributed by atoms with Crippen LogP contribution in [0.25, 0.3) is 0 Å². The van der Waals surface area contributed by atoms with Gasteiger partial charge in [0.15, 0.2) is 0 Å². The Morgan fingerprint density at radius 1 is 0.794 bits per heavy atom. The molecule has 1 saturated heterocycles. The number of sulfonamides is 2. The van der Waals surface area contributed by atoms with E-state index >= 15 is 0 Å². The lowest BCUT2D eigenvalue weighted by Crippen LogP contribution is -2.27. The molecule has 3 aromatic carbocycles. The van der Waals surface area contributed by atoms with E-state index < -0.39 is 26.0 Å². The quantitative estimate of drug-likeness (QED) is 0.486. The van der Waals surface area contributed by atoms with E-state index in [1.54, 1.807) is 24.3 Å². The van der Waals surface area contributed by atoms with Crippen molar-refractivity contribution in [2.75, 3.05) is 23.1 Å². The van der Waals surface area contributed by atoms with Crippen LogP contribution in [0.2, 0.25) is 5.02 Å². The first kappa shape index (κ1) is 24.2. The fourth-order valence-electron chi connectivity index (χ4n) is 3.52. The highest BCUT2D eigenvalue weighted by Crippen LogP contribution is 2.25. The van der Waals surface area contributed by atoms with E-state index in [-0.39, 0.29) is 26.1 Å². The van der Waals surface area contributed by atoms with Crippen LogP contribution in [-0.2, 0) is 20.0 Å². The third-order valence-electron chi connectivity index (χ3n) is 5.36. The maximum Gasteiger partial charge on any atom is 0.261 e. The fourth-order valence-corrected chi connectivity index (χ4v) is 6.36. The summed E-state index contributed by atoms with van der Waals surface area (Å²) in [5, 5.41) is 2.95. The van der Waals surface area contributed by atoms with Crippen LogP contribution in [0, 0.1) is 0 Å². The summed E-state index contributed by atoms with van der Waals surface area (Å²) in [6.07, 6.45) is 1.69. The topological polar surface area (TPSA) is 113 Å². The molecule has 0 bridgehead atoms. The van der Waals surface area contributed by atoms with E-state index in [1.807, 2.05) is 0 Å². The smallest absolute Gasteiger partial charge is 0.261 e. The van der Waals surface area contributed by atoms with Crippen molar-refractivity contribution in [3.05, 3.63) is 83.4 Å². The van der Waals surface area contributed by atoms with Gasteiger partial charge in [0, 0.05) is 24.3 Å². The number of hydrogen-bond acceptors (Lipinski definition) is 5. The Labute approximate surface area is 203 Å². The number of hydrogen-bond donors (Lipinski definition) is 2. The van der Waals surface area contributed by atoms with Crippen LogP contribution >= 0.6 is 11.6 Å². The maximum absolute atomic E-state index is 12.6. The van der Waals surface area contributed by atoms with E-state index in [9.17, 15) is 21.6 Å². The molecule has 1 heterocycles. The van der Waals surface area contributed by atoms with Crippen LogP contribution in [-0.4, -0.2) is 40.1 Å². The van der Waals surface area contributed by atoms with E-state index in [0.29, 0.717) is 18.8 Å². The molecule has 1 fully saturated rings. The van der Waals surface area contributed by atoms with Crippen LogP contribution in [0.1, 0.15) is 23.2 Å². The van der Waals surface area contributed by atoms with Crippen molar-refractivity contribution in [1.29, 1.82) is 0 Å². The Morgan fingerprint density at radius 2 is 1.38 bits per heavy atom. The van der Waals surface area contributed by atoms with Gasteiger partial charge in [-0.05, 0) is 73.5 Å². The summed E-state index contributed by atoms with van der Waals surface area (Å²) in [5.41, 5.74) is 0.921. The monoisotopic (exact) mass is 519 g/mol. The van der Waals surface area contributed by atoms with Crippen molar-refractivity contribution in [2.45, 2.75) is 22.6 Å². The Kier molecular flexibility index (Phi) is 6.94. The molecule has 8 nitrogen and oxygen atoms in total. The highest BCUT2D eigenvalue weighted by molar-refractivity contribution is 7.92. The minimum Gasteiger partial charge on any atom is -0.322 e. The maximum atomic E-state index is 12.6. The van der Waals surface area contributed by atoms with Crippen molar-refractivity contribution < 1.29 is 21.6 Å². The standard InChI is InChI=1S/C23H22ClN3O5S2/c24-21-5-1-2-6-22(21)26-33(29,30)19-13-9-18(10-14-19)25-23(28)17-7-11-20(12-8-17)34(31,32)27-15-3-4-16-27/h1-2,5-14,26H,3-4,15-16H2,(H,25,28). The number of nitrogens with one attached hydrogen (secondary N) is 2. The van der Waals surface area contributed by atoms with Gasteiger partial charge < -0.3 is 5.32 Å². The lowest BCUT2D eigenvalue weighted by molar-refractivity contribution is 0.102. The molecule has 178 valence electrons. The van der Waals surface area contributed by atoms with Crippen molar-refractivity contribution in [1.82, 2.24) is 4.31 Å². The Bertz CT molecular complexity index is 1400. The first-order valence-corrected chi connectivity index (χ1v) is 13.8. The van der Waals surface area contributed by atoms with Gasteiger partial charge in [0.05, 0.1) is 20.5 Å². The second kappa shape index (κ2) is 9.75. The number of benzene rings is 3. The fraction of sp³-hybridized carbons (Fsp3) is 0.174. The normalized spacial score (nSPS) is 14.6. The zero-order valence-electron chi connectivity index (χ0n) is 17.9. The minimum absolute atomic E-state index is 0.00175. The lowest BCUT2D eigenvalue weighted by Gasteiger charge is -2.15. The summed E-state index contributed by atoms with van der Waals surface area (Å²) >= 11 is 6.02. The van der Waals surface area contributed by atoms with Gasteiger partial charge in [0.2, 0.25) is 10.0 Å². The van der Waals surface area contributed by atoms with E-state index in [4.69, 9.17) is 11.6 Å². The molecule has 1 aliphatic rings. The third-order valence-corrected chi connectivity index (χ3v) is 8.98. The van der Waals surface area contributed by atoms with Gasteiger partial charge >= 0.3 is 0 Å². The summed E-state index contributed by atoms with van der Waals surface area (Å²) in [6.45, 7) is 1.01. The Hall–Kier alpha value is -2.92.